The molecule has 0 saturated carbocycles. The molecule has 0 aromatic rings. The highest BCUT2D eigenvalue weighted by Crippen LogP contribution is 1.99. The Bertz CT molecular complexity index is 91.6. The number of nitrogens with one attached hydrogen (secondary N) is 1. The van der Waals surface area contributed by atoms with Crippen LogP contribution in [0.15, 0.2) is 0 Å². The second kappa shape index (κ2) is 3.91. The van der Waals surface area contributed by atoms with Crippen LogP contribution in [0.25, 0.3) is 0 Å². The van der Waals surface area contributed by atoms with Gasteiger partial charge in [-0.2, -0.15) is 0 Å². The van der Waals surface area contributed by atoms with E-state index in [1.165, 1.54) is 0 Å². The Hall–Kier alpha value is -0.120. The van der Waals surface area contributed by atoms with Crippen LogP contribution in [-0.2, 0) is 4.74 Å². The summed E-state index contributed by atoms with van der Waals surface area (Å²) in [5, 5.41) is 12.2. The molecule has 0 bridgehead atoms. The molecule has 1 fully saturated rings. The van der Waals surface area contributed by atoms with Gasteiger partial charge in [0.2, 0.25) is 0 Å². The second-order valence-electron chi connectivity index (χ2n) is 2.83. The van der Waals surface area contributed by atoms with Gasteiger partial charge in [-0.3, -0.25) is 0 Å². The number of hydrogen-bond donors (Lipinski definition) is 2. The van der Waals surface area contributed by atoms with Crippen LogP contribution in [0.3, 0.4) is 0 Å². The summed E-state index contributed by atoms with van der Waals surface area (Å²) in [6, 6.07) is 0.541. The lowest BCUT2D eigenvalue weighted by Gasteiger charge is -2.27. The topological polar surface area (TPSA) is 41.5 Å². The highest BCUT2D eigenvalue weighted by molar-refractivity contribution is 4.72. The highest BCUT2D eigenvalue weighted by Gasteiger charge is 2.16. The van der Waals surface area contributed by atoms with Gasteiger partial charge >= 0.3 is 0 Å². The molecule has 0 amide bonds. The van der Waals surface area contributed by atoms with Gasteiger partial charge in [0.25, 0.3) is 0 Å². The number of aliphatic hydroxyl groups is 1. The van der Waals surface area contributed by atoms with Gasteiger partial charge in [-0.15, -0.1) is 0 Å². The predicted octanol–water partition coefficient (Wildman–Crippen LogP) is -0.254. The first-order valence-corrected chi connectivity index (χ1v) is 3.78. The summed E-state index contributed by atoms with van der Waals surface area (Å²) in [5.41, 5.74) is 0. The van der Waals surface area contributed by atoms with E-state index in [4.69, 9.17) is 9.84 Å². The minimum atomic E-state index is -0.187. The van der Waals surface area contributed by atoms with Gasteiger partial charge in [0.15, 0.2) is 0 Å². The first kappa shape index (κ1) is 7.98. The van der Waals surface area contributed by atoms with Crippen LogP contribution in [0.2, 0.25) is 0 Å². The fraction of sp³-hybridized carbons (Fsp3) is 1.00. The van der Waals surface area contributed by atoms with Crippen molar-refractivity contribution in [3.8, 4) is 0 Å². The smallest absolute Gasteiger partial charge is 0.0643 e. The fourth-order valence-corrected chi connectivity index (χ4v) is 0.850. The minimum Gasteiger partial charge on any atom is -0.393 e. The Morgan fingerprint density at radius 3 is 2.80 bits per heavy atom. The van der Waals surface area contributed by atoms with E-state index in [0.29, 0.717) is 6.04 Å². The van der Waals surface area contributed by atoms with Crippen LogP contribution in [0.5, 0.6) is 0 Å². The van der Waals surface area contributed by atoms with E-state index in [9.17, 15) is 0 Å². The van der Waals surface area contributed by atoms with Gasteiger partial charge in [-0.05, 0) is 19.9 Å². The molecule has 1 atom stereocenters. The minimum absolute atomic E-state index is 0.187. The van der Waals surface area contributed by atoms with Crippen LogP contribution in [0.1, 0.15) is 13.3 Å². The Balaban J connectivity index is 1.85. The van der Waals surface area contributed by atoms with E-state index in [1.807, 2.05) is 0 Å². The molecule has 3 nitrogen and oxygen atoms in total. The van der Waals surface area contributed by atoms with Crippen molar-refractivity contribution in [3.05, 3.63) is 0 Å². The lowest BCUT2D eigenvalue weighted by molar-refractivity contribution is -0.00604. The average molecular weight is 145 g/mol. The molecular formula is C7H15NO2. The van der Waals surface area contributed by atoms with Gasteiger partial charge in [0.05, 0.1) is 25.4 Å². The van der Waals surface area contributed by atoms with Crippen molar-refractivity contribution in [1.29, 1.82) is 0 Å². The van der Waals surface area contributed by atoms with Gasteiger partial charge in [-0.25, -0.2) is 0 Å². The molecular weight excluding hydrogens is 130 g/mol. The number of ether oxygens (including phenoxy) is 1. The SMILES string of the molecule is CC(O)CCNC1COC1. The van der Waals surface area contributed by atoms with Gasteiger partial charge in [0, 0.05) is 0 Å². The molecule has 1 unspecified atom stereocenters. The molecule has 3 heteroatoms. The summed E-state index contributed by atoms with van der Waals surface area (Å²) in [7, 11) is 0. The third-order valence-electron chi connectivity index (χ3n) is 1.63. The van der Waals surface area contributed by atoms with E-state index in [-0.39, 0.29) is 6.10 Å². The molecule has 60 valence electrons. The van der Waals surface area contributed by atoms with Crippen molar-refractivity contribution < 1.29 is 9.84 Å². The summed E-state index contributed by atoms with van der Waals surface area (Å²) < 4.78 is 4.97. The maximum absolute atomic E-state index is 8.88. The largest absolute Gasteiger partial charge is 0.393 e. The van der Waals surface area contributed by atoms with E-state index in [2.05, 4.69) is 5.32 Å². The molecule has 1 aliphatic heterocycles. The Labute approximate surface area is 61.4 Å². The predicted molar refractivity (Wildman–Crippen MR) is 38.9 cm³/mol. The quantitative estimate of drug-likeness (QED) is 0.573. The summed E-state index contributed by atoms with van der Waals surface area (Å²) in [6.07, 6.45) is 0.643. The molecule has 0 aliphatic carbocycles. The number of rotatable bonds is 4. The van der Waals surface area contributed by atoms with Crippen molar-refractivity contribution in [1.82, 2.24) is 5.32 Å². The zero-order valence-electron chi connectivity index (χ0n) is 6.34. The summed E-state index contributed by atoms with van der Waals surface area (Å²) in [6.45, 7) is 4.37. The van der Waals surface area contributed by atoms with Crippen molar-refractivity contribution in [2.45, 2.75) is 25.5 Å². The Kier molecular flexibility index (Phi) is 3.12. The monoisotopic (exact) mass is 145 g/mol. The van der Waals surface area contributed by atoms with E-state index in [0.717, 1.165) is 26.2 Å². The summed E-state index contributed by atoms with van der Waals surface area (Å²) in [4.78, 5) is 0. The van der Waals surface area contributed by atoms with Gasteiger partial charge in [0.1, 0.15) is 0 Å². The fourth-order valence-electron chi connectivity index (χ4n) is 0.850. The Morgan fingerprint density at radius 2 is 2.40 bits per heavy atom. The van der Waals surface area contributed by atoms with Crippen LogP contribution in [0, 0.1) is 0 Å². The third kappa shape index (κ3) is 2.64. The lowest BCUT2D eigenvalue weighted by Crippen LogP contribution is -2.46. The first-order valence-electron chi connectivity index (χ1n) is 3.78. The van der Waals surface area contributed by atoms with Crippen molar-refractivity contribution >= 4 is 0 Å². The van der Waals surface area contributed by atoms with Crippen LogP contribution in [-0.4, -0.2) is 37.0 Å². The zero-order chi connectivity index (χ0) is 7.40. The van der Waals surface area contributed by atoms with Crippen LogP contribution in [0.4, 0.5) is 0 Å². The number of aliphatic hydroxyl groups excluding tert-OH is 1. The maximum atomic E-state index is 8.88. The van der Waals surface area contributed by atoms with Crippen molar-refractivity contribution in [2.75, 3.05) is 19.8 Å². The lowest BCUT2D eigenvalue weighted by atomic mass is 10.2. The maximum Gasteiger partial charge on any atom is 0.0643 e. The standard InChI is InChI=1S/C7H15NO2/c1-6(9)2-3-8-7-4-10-5-7/h6-9H,2-5H2,1H3. The molecule has 0 aromatic carbocycles. The molecule has 0 spiro atoms. The molecule has 1 aliphatic rings. The normalized spacial score (nSPS) is 22.2. The van der Waals surface area contributed by atoms with Gasteiger partial charge < -0.3 is 15.2 Å². The second-order valence-corrected chi connectivity index (χ2v) is 2.83. The van der Waals surface area contributed by atoms with E-state index in [1.54, 1.807) is 6.92 Å². The van der Waals surface area contributed by atoms with Gasteiger partial charge in [-0.1, -0.05) is 0 Å². The Morgan fingerprint density at radius 1 is 1.70 bits per heavy atom. The third-order valence-corrected chi connectivity index (χ3v) is 1.63. The highest BCUT2D eigenvalue weighted by atomic mass is 16.5. The molecule has 1 heterocycles. The molecule has 0 radical (unpaired) electrons. The molecule has 0 aromatic heterocycles. The molecule has 2 N–H and O–H groups in total. The molecule has 1 rings (SSSR count). The van der Waals surface area contributed by atoms with E-state index >= 15 is 0 Å². The number of hydrogen-bond acceptors (Lipinski definition) is 3. The van der Waals surface area contributed by atoms with Crippen molar-refractivity contribution in [3.63, 3.8) is 0 Å². The zero-order valence-corrected chi connectivity index (χ0v) is 6.34. The first-order chi connectivity index (χ1) is 4.79. The summed E-state index contributed by atoms with van der Waals surface area (Å²) in [5.74, 6) is 0. The van der Waals surface area contributed by atoms with Crippen LogP contribution < -0.4 is 5.32 Å². The summed E-state index contributed by atoms with van der Waals surface area (Å²) >= 11 is 0. The average Bonchev–Trinajstić information content (AvgIpc) is 1.75. The molecule has 10 heavy (non-hydrogen) atoms. The van der Waals surface area contributed by atoms with Crippen molar-refractivity contribution in [2.24, 2.45) is 0 Å². The molecule has 1 saturated heterocycles. The van der Waals surface area contributed by atoms with Crippen LogP contribution >= 0.6 is 0 Å². The van der Waals surface area contributed by atoms with E-state index < -0.39 is 0 Å².